The van der Waals surface area contributed by atoms with Gasteiger partial charge >= 0.3 is 11.3 Å². The average molecular weight is 586 g/mol. The third kappa shape index (κ3) is 3.48. The Kier molecular flexibility index (Phi) is 5.45. The maximum atomic E-state index is 13.2. The van der Waals surface area contributed by atoms with E-state index in [4.69, 9.17) is 8.83 Å². The van der Waals surface area contributed by atoms with Gasteiger partial charge in [-0.1, -0.05) is 24.3 Å². The van der Waals surface area contributed by atoms with Crippen LogP contribution in [0.1, 0.15) is 22.6 Å². The number of phenols is 1. The number of rotatable bonds is 3. The van der Waals surface area contributed by atoms with Gasteiger partial charge in [-0.15, -0.1) is 0 Å². The van der Waals surface area contributed by atoms with Crippen molar-refractivity contribution in [1.29, 1.82) is 0 Å². The number of aromatic hydroxyl groups is 3. The van der Waals surface area contributed by atoms with Crippen LogP contribution in [0.2, 0.25) is 0 Å². The van der Waals surface area contributed by atoms with Crippen molar-refractivity contribution in [2.75, 3.05) is 0 Å². The standard InChI is InChI=1S/C25H14Br2O7/c26-14-9-11(10-15(27)23(14)30)18(19-21(28)12-5-1-3-7-16(12)33-24(19)31)20-22(29)13-6-2-4-8-17(13)34-25(20)32/h1-10,18,28-30H. The molecule has 0 spiro atoms. The first-order valence-electron chi connectivity index (χ1n) is 9.95. The van der Waals surface area contributed by atoms with Crippen LogP contribution in [0.25, 0.3) is 21.9 Å². The Morgan fingerprint density at radius 2 is 1.06 bits per heavy atom. The summed E-state index contributed by atoms with van der Waals surface area (Å²) in [6.07, 6.45) is 0. The second-order valence-corrected chi connectivity index (χ2v) is 9.27. The molecule has 170 valence electrons. The maximum absolute atomic E-state index is 13.2. The number of halogens is 2. The van der Waals surface area contributed by atoms with Crippen molar-refractivity contribution in [2.24, 2.45) is 0 Å². The van der Waals surface area contributed by atoms with Crippen molar-refractivity contribution < 1.29 is 24.2 Å². The molecule has 0 atom stereocenters. The van der Waals surface area contributed by atoms with E-state index in [2.05, 4.69) is 31.9 Å². The van der Waals surface area contributed by atoms with Crippen LogP contribution in [0.3, 0.4) is 0 Å². The Hall–Kier alpha value is -3.56. The summed E-state index contributed by atoms with van der Waals surface area (Å²) < 4.78 is 11.4. The summed E-state index contributed by atoms with van der Waals surface area (Å²) in [6.45, 7) is 0. The summed E-state index contributed by atoms with van der Waals surface area (Å²) in [5.41, 5.74) is -1.69. The third-order valence-corrected chi connectivity index (χ3v) is 6.80. The van der Waals surface area contributed by atoms with E-state index in [1.807, 2.05) is 0 Å². The van der Waals surface area contributed by atoms with Gasteiger partial charge < -0.3 is 24.2 Å². The highest BCUT2D eigenvalue weighted by atomic mass is 79.9. The van der Waals surface area contributed by atoms with E-state index in [0.29, 0.717) is 5.56 Å². The first-order valence-corrected chi connectivity index (χ1v) is 11.5. The Bertz CT molecular complexity index is 1600. The van der Waals surface area contributed by atoms with Gasteiger partial charge in [0.1, 0.15) is 28.4 Å². The summed E-state index contributed by atoms with van der Waals surface area (Å²) in [6, 6.07) is 15.8. The summed E-state index contributed by atoms with van der Waals surface area (Å²) in [7, 11) is 0. The molecule has 0 unspecified atom stereocenters. The van der Waals surface area contributed by atoms with Gasteiger partial charge in [-0.2, -0.15) is 0 Å². The van der Waals surface area contributed by atoms with Crippen LogP contribution in [0.4, 0.5) is 0 Å². The molecule has 0 amide bonds. The second kappa shape index (κ2) is 8.34. The molecule has 2 heterocycles. The van der Waals surface area contributed by atoms with Crippen molar-refractivity contribution in [3.8, 4) is 17.2 Å². The molecule has 0 aliphatic carbocycles. The van der Waals surface area contributed by atoms with Crippen molar-refractivity contribution >= 4 is 53.8 Å². The summed E-state index contributed by atoms with van der Waals surface area (Å²) in [5.74, 6) is -2.20. The summed E-state index contributed by atoms with van der Waals surface area (Å²) in [5, 5.41) is 33.0. The molecule has 0 aliphatic rings. The molecular formula is C25H14Br2O7. The number of benzene rings is 3. The molecule has 34 heavy (non-hydrogen) atoms. The Morgan fingerprint density at radius 1 is 0.647 bits per heavy atom. The van der Waals surface area contributed by atoms with Gasteiger partial charge in [-0.3, -0.25) is 0 Å². The zero-order chi connectivity index (χ0) is 24.1. The maximum Gasteiger partial charge on any atom is 0.344 e. The van der Waals surface area contributed by atoms with E-state index < -0.39 is 28.7 Å². The minimum absolute atomic E-state index is 0.105. The van der Waals surface area contributed by atoms with Gasteiger partial charge in [-0.05, 0) is 73.8 Å². The lowest BCUT2D eigenvalue weighted by Crippen LogP contribution is -2.21. The van der Waals surface area contributed by atoms with E-state index in [1.54, 1.807) is 36.4 Å². The van der Waals surface area contributed by atoms with Crippen molar-refractivity contribution in [1.82, 2.24) is 0 Å². The quantitative estimate of drug-likeness (QED) is 0.231. The highest BCUT2D eigenvalue weighted by molar-refractivity contribution is 9.11. The highest BCUT2D eigenvalue weighted by Gasteiger charge is 2.33. The molecule has 0 aliphatic heterocycles. The smallest absolute Gasteiger partial charge is 0.344 e. The van der Waals surface area contributed by atoms with Crippen LogP contribution < -0.4 is 11.3 Å². The Morgan fingerprint density at radius 3 is 1.50 bits per heavy atom. The lowest BCUT2D eigenvalue weighted by atomic mass is 9.84. The molecular weight excluding hydrogens is 572 g/mol. The van der Waals surface area contributed by atoms with Gasteiger partial charge in [0.05, 0.1) is 36.8 Å². The average Bonchev–Trinajstić information content (AvgIpc) is 2.81. The fraction of sp³-hybridized carbons (Fsp3) is 0.0400. The van der Waals surface area contributed by atoms with Crippen LogP contribution in [-0.2, 0) is 0 Å². The predicted molar refractivity (Wildman–Crippen MR) is 133 cm³/mol. The first-order chi connectivity index (χ1) is 16.3. The molecule has 5 rings (SSSR count). The Balaban J connectivity index is 1.94. The van der Waals surface area contributed by atoms with Crippen LogP contribution in [-0.4, -0.2) is 15.3 Å². The predicted octanol–water partition coefficient (Wildman–Crippen LogP) is 5.72. The normalized spacial score (nSPS) is 11.5. The minimum atomic E-state index is -1.30. The molecule has 9 heteroatoms. The van der Waals surface area contributed by atoms with Gasteiger partial charge in [0.25, 0.3) is 0 Å². The van der Waals surface area contributed by atoms with Crippen LogP contribution in [0.15, 0.2) is 88.0 Å². The number of para-hydroxylation sites is 2. The van der Waals surface area contributed by atoms with Gasteiger partial charge in [-0.25, -0.2) is 9.59 Å². The van der Waals surface area contributed by atoms with Crippen LogP contribution in [0, 0.1) is 0 Å². The fourth-order valence-electron chi connectivity index (χ4n) is 4.03. The molecule has 3 aromatic carbocycles. The second-order valence-electron chi connectivity index (χ2n) is 7.56. The molecule has 0 saturated carbocycles. The van der Waals surface area contributed by atoms with Crippen molar-refractivity contribution in [3.05, 3.63) is 107 Å². The summed E-state index contributed by atoms with van der Waals surface area (Å²) in [4.78, 5) is 26.3. The molecule has 7 nitrogen and oxygen atoms in total. The number of phenolic OH excluding ortho intramolecular Hbond substituents is 1. The first kappa shape index (κ1) is 22.2. The molecule has 0 fully saturated rings. The van der Waals surface area contributed by atoms with Gasteiger partial charge in [0, 0.05) is 0 Å². The Labute approximate surface area is 207 Å². The molecule has 0 radical (unpaired) electrons. The zero-order valence-electron chi connectivity index (χ0n) is 17.1. The lowest BCUT2D eigenvalue weighted by molar-refractivity contribution is 0.441. The fourth-order valence-corrected chi connectivity index (χ4v) is 5.26. The molecule has 3 N–H and O–H groups in total. The van der Waals surface area contributed by atoms with E-state index in [9.17, 15) is 24.9 Å². The topological polar surface area (TPSA) is 121 Å². The van der Waals surface area contributed by atoms with E-state index in [0.717, 1.165) is 0 Å². The lowest BCUT2D eigenvalue weighted by Gasteiger charge is -2.20. The molecule has 5 aromatic rings. The zero-order valence-corrected chi connectivity index (χ0v) is 20.3. The monoisotopic (exact) mass is 584 g/mol. The number of hydrogen-bond donors (Lipinski definition) is 3. The van der Waals surface area contributed by atoms with Gasteiger partial charge in [0.2, 0.25) is 0 Å². The molecule has 2 aromatic heterocycles. The highest BCUT2D eigenvalue weighted by Crippen LogP contribution is 2.44. The van der Waals surface area contributed by atoms with E-state index >= 15 is 0 Å². The third-order valence-electron chi connectivity index (χ3n) is 5.59. The summed E-state index contributed by atoms with van der Waals surface area (Å²) >= 11 is 6.51. The number of hydrogen-bond acceptors (Lipinski definition) is 7. The van der Waals surface area contributed by atoms with E-state index in [-0.39, 0.29) is 47.8 Å². The van der Waals surface area contributed by atoms with Crippen molar-refractivity contribution in [3.63, 3.8) is 0 Å². The van der Waals surface area contributed by atoms with Crippen LogP contribution in [0.5, 0.6) is 17.2 Å². The van der Waals surface area contributed by atoms with Gasteiger partial charge in [0.15, 0.2) is 0 Å². The van der Waals surface area contributed by atoms with Crippen molar-refractivity contribution in [2.45, 2.75) is 5.92 Å². The largest absolute Gasteiger partial charge is 0.507 e. The number of fused-ring (bicyclic) bond motifs is 2. The molecule has 0 bridgehead atoms. The molecule has 0 saturated heterocycles. The van der Waals surface area contributed by atoms with E-state index in [1.165, 1.54) is 24.3 Å². The SMILES string of the molecule is O=c1oc2ccccc2c(O)c1C(c1cc(Br)c(O)c(Br)c1)c1c(O)c2ccccc2oc1=O. The minimum Gasteiger partial charge on any atom is -0.507 e. The van der Waals surface area contributed by atoms with Crippen LogP contribution >= 0.6 is 31.9 Å².